The van der Waals surface area contributed by atoms with E-state index in [1.807, 2.05) is 4.90 Å². The number of hydrogen-bond acceptors (Lipinski definition) is 3. The predicted molar refractivity (Wildman–Crippen MR) is 62.2 cm³/mol. The van der Waals surface area contributed by atoms with E-state index in [4.69, 9.17) is 10.5 Å². The number of ether oxygens (including phenoxy) is 1. The van der Waals surface area contributed by atoms with Crippen LogP contribution in [0.25, 0.3) is 0 Å². The molecule has 0 heterocycles. The first-order chi connectivity index (χ1) is 8.20. The second kappa shape index (κ2) is 5.38. The van der Waals surface area contributed by atoms with Gasteiger partial charge in [-0.25, -0.2) is 4.79 Å². The average molecular weight is 240 g/mol. The van der Waals surface area contributed by atoms with Crippen LogP contribution in [0.5, 0.6) is 0 Å². The van der Waals surface area contributed by atoms with Gasteiger partial charge >= 0.3 is 6.09 Å². The Labute approximate surface area is 101 Å². The topological polar surface area (TPSA) is 72.6 Å². The zero-order valence-electron chi connectivity index (χ0n) is 10.0. The molecule has 96 valence electrons. The van der Waals surface area contributed by atoms with Crippen molar-refractivity contribution in [3.05, 3.63) is 0 Å². The summed E-state index contributed by atoms with van der Waals surface area (Å²) < 4.78 is 4.82. The van der Waals surface area contributed by atoms with Crippen molar-refractivity contribution in [2.75, 3.05) is 6.61 Å². The van der Waals surface area contributed by atoms with E-state index in [2.05, 4.69) is 0 Å². The molecule has 0 spiro atoms. The lowest BCUT2D eigenvalue weighted by Gasteiger charge is -2.34. The number of nitrogens with zero attached hydrogens (tertiary/aromatic N) is 1. The first-order valence-electron chi connectivity index (χ1n) is 6.35. The van der Waals surface area contributed by atoms with Crippen LogP contribution in [0, 0.1) is 5.92 Å². The fraction of sp³-hybridized carbons (Fsp3) is 0.833. The van der Waals surface area contributed by atoms with Gasteiger partial charge in [-0.2, -0.15) is 0 Å². The molecule has 2 N–H and O–H groups in total. The summed E-state index contributed by atoms with van der Waals surface area (Å²) in [4.78, 5) is 23.5. The second-order valence-corrected chi connectivity index (χ2v) is 5.09. The maximum Gasteiger partial charge on any atom is 0.404 e. The summed E-state index contributed by atoms with van der Waals surface area (Å²) in [6.07, 6.45) is 6.67. The molecule has 0 aromatic carbocycles. The fourth-order valence-electron chi connectivity index (χ4n) is 2.65. The highest BCUT2D eigenvalue weighted by Gasteiger charge is 2.34. The number of carbonyl (C=O) groups is 2. The highest BCUT2D eigenvalue weighted by atomic mass is 16.5. The van der Waals surface area contributed by atoms with Gasteiger partial charge in [-0.3, -0.25) is 4.79 Å². The molecular formula is C12H20N2O3. The largest absolute Gasteiger partial charge is 0.449 e. The first-order valence-corrected chi connectivity index (χ1v) is 6.35. The van der Waals surface area contributed by atoms with Crippen LogP contribution >= 0.6 is 0 Å². The molecule has 0 atom stereocenters. The van der Waals surface area contributed by atoms with Crippen LogP contribution in [-0.4, -0.2) is 36.1 Å². The van der Waals surface area contributed by atoms with Gasteiger partial charge in [-0.15, -0.1) is 0 Å². The van der Waals surface area contributed by atoms with Gasteiger partial charge in [0.2, 0.25) is 6.41 Å². The van der Waals surface area contributed by atoms with E-state index in [0.29, 0.717) is 24.6 Å². The van der Waals surface area contributed by atoms with E-state index in [9.17, 15) is 9.59 Å². The smallest absolute Gasteiger partial charge is 0.404 e. The van der Waals surface area contributed by atoms with E-state index in [-0.39, 0.29) is 0 Å². The highest BCUT2D eigenvalue weighted by Crippen LogP contribution is 2.34. The minimum atomic E-state index is -0.695. The summed E-state index contributed by atoms with van der Waals surface area (Å²) in [6, 6.07) is 0.890. The average Bonchev–Trinajstić information content (AvgIpc) is 3.13. The molecule has 0 aromatic rings. The summed E-state index contributed by atoms with van der Waals surface area (Å²) in [5.41, 5.74) is 4.94. The number of primary amides is 1. The van der Waals surface area contributed by atoms with Gasteiger partial charge in [0.15, 0.2) is 0 Å². The van der Waals surface area contributed by atoms with Gasteiger partial charge in [0.25, 0.3) is 0 Å². The summed E-state index contributed by atoms with van der Waals surface area (Å²) in [5, 5.41) is 0. The number of carbonyl (C=O) groups excluding carboxylic acids is 2. The van der Waals surface area contributed by atoms with Crippen molar-refractivity contribution in [3.8, 4) is 0 Å². The van der Waals surface area contributed by atoms with Gasteiger partial charge < -0.3 is 15.4 Å². The van der Waals surface area contributed by atoms with Gasteiger partial charge in [0.05, 0.1) is 6.61 Å². The van der Waals surface area contributed by atoms with Crippen molar-refractivity contribution in [2.45, 2.75) is 50.6 Å². The molecule has 0 bridgehead atoms. The summed E-state index contributed by atoms with van der Waals surface area (Å²) in [7, 11) is 0. The van der Waals surface area contributed by atoms with Gasteiger partial charge in [0.1, 0.15) is 0 Å². The predicted octanol–water partition coefficient (Wildman–Crippen LogP) is 1.26. The Balaban J connectivity index is 1.73. The van der Waals surface area contributed by atoms with Crippen molar-refractivity contribution in [3.63, 3.8) is 0 Å². The molecule has 0 saturated heterocycles. The van der Waals surface area contributed by atoms with Crippen molar-refractivity contribution in [2.24, 2.45) is 11.7 Å². The number of nitrogens with two attached hydrogens (primary N) is 1. The Kier molecular flexibility index (Phi) is 3.86. The fourth-order valence-corrected chi connectivity index (χ4v) is 2.65. The Hall–Kier alpha value is -1.26. The number of rotatable bonds is 5. The zero-order valence-corrected chi connectivity index (χ0v) is 10.0. The van der Waals surface area contributed by atoms with E-state index in [1.165, 1.54) is 0 Å². The van der Waals surface area contributed by atoms with E-state index >= 15 is 0 Å². The summed E-state index contributed by atoms with van der Waals surface area (Å²) in [6.45, 7) is 0.423. The Morgan fingerprint density at radius 3 is 2.12 bits per heavy atom. The summed E-state index contributed by atoms with van der Waals surface area (Å²) in [5.74, 6) is 0.409. The quantitative estimate of drug-likeness (QED) is 0.735. The maximum absolute atomic E-state index is 11.0. The molecule has 2 rings (SSSR count). The number of hydrogen-bond donors (Lipinski definition) is 1. The normalized spacial score (nSPS) is 28.5. The lowest BCUT2D eigenvalue weighted by atomic mass is 9.86. The monoisotopic (exact) mass is 240 g/mol. The third kappa shape index (κ3) is 3.35. The minimum Gasteiger partial charge on any atom is -0.449 e. The summed E-state index contributed by atoms with van der Waals surface area (Å²) >= 11 is 0. The molecule has 0 radical (unpaired) electrons. The van der Waals surface area contributed by atoms with Crippen LogP contribution in [0.2, 0.25) is 0 Å². The van der Waals surface area contributed by atoms with Crippen molar-refractivity contribution in [1.82, 2.24) is 4.90 Å². The standard InChI is InChI=1S/C12H20N2O3/c13-12(16)17-7-9-1-3-10(4-2-9)14(8-15)11-5-6-11/h8-11H,1-7H2,(H2,13,16). The number of amides is 2. The molecule has 0 unspecified atom stereocenters. The molecule has 2 aliphatic carbocycles. The van der Waals surface area contributed by atoms with E-state index < -0.39 is 6.09 Å². The zero-order chi connectivity index (χ0) is 12.3. The maximum atomic E-state index is 11.0. The lowest BCUT2D eigenvalue weighted by molar-refractivity contribution is -0.121. The molecule has 17 heavy (non-hydrogen) atoms. The van der Waals surface area contributed by atoms with E-state index in [1.54, 1.807) is 0 Å². The molecule has 2 amide bonds. The minimum absolute atomic E-state index is 0.393. The van der Waals surface area contributed by atoms with Crippen LogP contribution in [0.15, 0.2) is 0 Å². The second-order valence-electron chi connectivity index (χ2n) is 5.09. The molecule has 0 aromatic heterocycles. The van der Waals surface area contributed by atoms with Gasteiger partial charge in [-0.05, 0) is 44.4 Å². The Bertz CT molecular complexity index is 283. The van der Waals surface area contributed by atoms with Crippen LogP contribution in [0.3, 0.4) is 0 Å². The third-order valence-corrected chi connectivity index (χ3v) is 3.79. The molecule has 2 aliphatic rings. The Morgan fingerprint density at radius 2 is 1.71 bits per heavy atom. The van der Waals surface area contributed by atoms with Crippen molar-refractivity contribution in [1.29, 1.82) is 0 Å². The lowest BCUT2D eigenvalue weighted by Crippen LogP contribution is -2.39. The SMILES string of the molecule is NC(=O)OCC1CCC(N(C=O)C2CC2)CC1. The van der Waals surface area contributed by atoms with Crippen LogP contribution in [-0.2, 0) is 9.53 Å². The van der Waals surface area contributed by atoms with Crippen molar-refractivity contribution < 1.29 is 14.3 Å². The van der Waals surface area contributed by atoms with Crippen LogP contribution in [0.1, 0.15) is 38.5 Å². The molecule has 0 aliphatic heterocycles. The van der Waals surface area contributed by atoms with Crippen molar-refractivity contribution >= 4 is 12.5 Å². The molecule has 5 nitrogen and oxygen atoms in total. The van der Waals surface area contributed by atoms with Gasteiger partial charge in [-0.1, -0.05) is 0 Å². The van der Waals surface area contributed by atoms with Gasteiger partial charge in [0, 0.05) is 12.1 Å². The molecular weight excluding hydrogens is 220 g/mol. The highest BCUT2D eigenvalue weighted by molar-refractivity contribution is 5.64. The third-order valence-electron chi connectivity index (χ3n) is 3.79. The molecule has 2 fully saturated rings. The van der Waals surface area contributed by atoms with Crippen LogP contribution in [0.4, 0.5) is 4.79 Å². The Morgan fingerprint density at radius 1 is 1.18 bits per heavy atom. The molecule has 2 saturated carbocycles. The molecule has 5 heteroatoms. The first kappa shape index (κ1) is 12.2. The van der Waals surface area contributed by atoms with E-state index in [0.717, 1.165) is 44.9 Å². The van der Waals surface area contributed by atoms with Crippen LogP contribution < -0.4 is 5.73 Å².